The van der Waals surface area contributed by atoms with Crippen LogP contribution in [0.25, 0.3) is 0 Å². The molecule has 0 saturated carbocycles. The van der Waals surface area contributed by atoms with Crippen LogP contribution in [-0.2, 0) is 54.7 Å². The highest BCUT2D eigenvalue weighted by molar-refractivity contribution is 8.01. The molecule has 4 aromatic carbocycles. The van der Waals surface area contributed by atoms with Crippen molar-refractivity contribution in [3.05, 3.63) is 144 Å². The number of carbonyl (C=O) groups excluding carboxylic acids is 6. The Balaban J connectivity index is 1.04. The molecule has 2 aliphatic heterocycles. The Kier molecular flexibility index (Phi) is 16.6. The summed E-state index contributed by atoms with van der Waals surface area (Å²) >= 11 is 2.80. The summed E-state index contributed by atoms with van der Waals surface area (Å²) in [6, 6.07) is 34.0. The zero-order valence-electron chi connectivity index (χ0n) is 36.5. The molecule has 0 bridgehead atoms. The molecule has 0 aromatic heterocycles. The van der Waals surface area contributed by atoms with Gasteiger partial charge in [0, 0.05) is 35.7 Å². The first-order valence-electron chi connectivity index (χ1n) is 21.4. The molecule has 8 N–H and O–H groups in total. The van der Waals surface area contributed by atoms with E-state index in [0.29, 0.717) is 0 Å². The molecule has 2 heterocycles. The summed E-state index contributed by atoms with van der Waals surface area (Å²) in [6.07, 6.45) is 0.172. The van der Waals surface area contributed by atoms with E-state index in [1.54, 1.807) is 0 Å². The Morgan fingerprint density at radius 2 is 0.797 bits per heavy atom. The zero-order chi connectivity index (χ0) is 45.7. The van der Waals surface area contributed by atoms with Gasteiger partial charge in [0.15, 0.2) is 0 Å². The summed E-state index contributed by atoms with van der Waals surface area (Å²) in [5.74, 6) is -2.05. The molecule has 0 radical (unpaired) electrons. The summed E-state index contributed by atoms with van der Waals surface area (Å²) in [7, 11) is 0. The van der Waals surface area contributed by atoms with E-state index in [2.05, 4.69) is 42.5 Å². The molecule has 6 atom stereocenters. The van der Waals surface area contributed by atoms with Gasteiger partial charge in [-0.25, -0.2) is 0 Å². The predicted molar refractivity (Wildman–Crippen MR) is 252 cm³/mol. The van der Waals surface area contributed by atoms with Crippen LogP contribution in [0.4, 0.5) is 0 Å². The number of amides is 6. The largest absolute Gasteiger partial charge is 0.353 e. The van der Waals surface area contributed by atoms with E-state index >= 15 is 0 Å². The van der Waals surface area contributed by atoms with E-state index in [0.717, 1.165) is 22.3 Å². The summed E-state index contributed by atoms with van der Waals surface area (Å²) in [6.45, 7) is 8.39. The number of thioether (sulfide) groups is 2. The molecule has 4 aromatic rings. The number of carbonyl (C=O) groups is 6. The lowest BCUT2D eigenvalue weighted by Crippen LogP contribution is -2.58. The maximum Gasteiger partial charge on any atom is 0.245 e. The van der Waals surface area contributed by atoms with Gasteiger partial charge in [0.25, 0.3) is 0 Å². The third-order valence-electron chi connectivity index (χ3n) is 11.0. The molecular formula is C48H58N8O6S2. The van der Waals surface area contributed by atoms with Crippen LogP contribution >= 0.6 is 23.5 Å². The molecule has 0 unspecified atom stereocenters. The van der Waals surface area contributed by atoms with Gasteiger partial charge in [0.2, 0.25) is 35.4 Å². The zero-order valence-corrected chi connectivity index (χ0v) is 38.2. The van der Waals surface area contributed by atoms with Gasteiger partial charge in [-0.2, -0.15) is 0 Å². The van der Waals surface area contributed by atoms with E-state index < -0.39 is 44.4 Å². The minimum Gasteiger partial charge on any atom is -0.353 e. The lowest BCUT2D eigenvalue weighted by atomic mass is 10.0. The van der Waals surface area contributed by atoms with Crippen LogP contribution in [0.5, 0.6) is 0 Å². The summed E-state index contributed by atoms with van der Waals surface area (Å²) in [4.78, 5) is 81.5. The van der Waals surface area contributed by atoms with Crippen molar-refractivity contribution >= 4 is 59.0 Å². The van der Waals surface area contributed by atoms with Crippen LogP contribution in [0.2, 0.25) is 0 Å². The molecule has 338 valence electrons. The quantitative estimate of drug-likeness (QED) is 0.0648. The first-order chi connectivity index (χ1) is 30.7. The van der Waals surface area contributed by atoms with E-state index in [1.807, 2.05) is 149 Å². The lowest BCUT2D eigenvalue weighted by molar-refractivity contribution is -0.129. The normalized spacial score (nSPS) is 20.5. The Bertz CT molecular complexity index is 2060. The molecular weight excluding hydrogens is 849 g/mol. The van der Waals surface area contributed by atoms with Gasteiger partial charge < -0.3 is 31.9 Å². The number of hydrogen-bond acceptors (Lipinski definition) is 10. The molecule has 16 heteroatoms. The first-order valence-corrected chi connectivity index (χ1v) is 23.2. The first kappa shape index (κ1) is 47.8. The van der Waals surface area contributed by atoms with E-state index in [9.17, 15) is 28.8 Å². The van der Waals surface area contributed by atoms with E-state index in [-0.39, 0.29) is 74.5 Å². The van der Waals surface area contributed by atoms with Gasteiger partial charge >= 0.3 is 0 Å². The average Bonchev–Trinajstić information content (AvgIpc) is 3.79. The van der Waals surface area contributed by atoms with Crippen molar-refractivity contribution < 1.29 is 28.8 Å². The van der Waals surface area contributed by atoms with Gasteiger partial charge in [-0.1, -0.05) is 121 Å². The maximum atomic E-state index is 13.7. The summed E-state index contributed by atoms with van der Waals surface area (Å²) < 4.78 is -1.35. The third kappa shape index (κ3) is 13.4. The third-order valence-corrected chi connectivity index (χ3v) is 14.0. The molecule has 2 saturated heterocycles. The second-order valence-corrected chi connectivity index (χ2v) is 20.5. The standard InChI is InChI=1S/C48H58N8O6S2/c1-47(2)39(55-45(63-47)37(41(59)51-29-33-21-13-7-14-22-33)53-35(57)27-31-17-9-5-10-18-31)43(61)49-25-26-50-44(62)40-48(3,4)64-46(56-40)38(42(60)52-30-34-23-15-8-16-24-34)54-36(58)28-32-19-11-6-12-20-32/h5-24,37-40,45-46,55-56H,25-30H2,1-4H3,(H,49,61)(H,50,62)(H,51,59)(H,52,60)(H,53,57)(H,54,58)/t37-,38-,39+,40+,45-,46-/m1/s1. The number of rotatable bonds is 19. The fourth-order valence-corrected chi connectivity index (χ4v) is 10.6. The second kappa shape index (κ2) is 22.3. The molecule has 14 nitrogen and oxygen atoms in total. The molecule has 2 fully saturated rings. The summed E-state index contributed by atoms with van der Waals surface area (Å²) in [5, 5.41) is 23.0. The van der Waals surface area contributed by atoms with Crippen molar-refractivity contribution in [3.63, 3.8) is 0 Å². The minimum atomic E-state index is -0.989. The minimum absolute atomic E-state index is 0.0859. The Morgan fingerprint density at radius 1 is 0.484 bits per heavy atom. The molecule has 6 amide bonds. The van der Waals surface area contributed by atoms with Crippen LogP contribution in [0.3, 0.4) is 0 Å². The predicted octanol–water partition coefficient (Wildman–Crippen LogP) is 2.93. The summed E-state index contributed by atoms with van der Waals surface area (Å²) in [5.41, 5.74) is 3.42. The molecule has 0 spiro atoms. The highest BCUT2D eigenvalue weighted by Crippen LogP contribution is 2.40. The smallest absolute Gasteiger partial charge is 0.245 e. The molecule has 0 aliphatic carbocycles. The topological polar surface area (TPSA) is 199 Å². The molecule has 2 aliphatic rings. The van der Waals surface area contributed by atoms with Crippen LogP contribution < -0.4 is 42.5 Å². The van der Waals surface area contributed by atoms with Gasteiger partial charge in [-0.05, 0) is 49.9 Å². The monoisotopic (exact) mass is 906 g/mol. The van der Waals surface area contributed by atoms with Crippen molar-refractivity contribution in [1.82, 2.24) is 42.5 Å². The SMILES string of the molecule is CC1(C)S[C@H]([C@H](NC(=O)Cc2ccccc2)C(=O)NCc2ccccc2)N[C@H]1C(=O)NCCNC(=O)[C@@H]1N[C@@H]([C@H](NC(=O)Cc2ccccc2)C(=O)NCc2ccccc2)SC1(C)C. The fraction of sp³-hybridized carbons (Fsp3) is 0.375. The van der Waals surface area contributed by atoms with Gasteiger partial charge in [-0.3, -0.25) is 39.4 Å². The van der Waals surface area contributed by atoms with Gasteiger partial charge in [0.05, 0.1) is 23.6 Å². The van der Waals surface area contributed by atoms with Crippen LogP contribution in [-0.4, -0.2) is 92.9 Å². The van der Waals surface area contributed by atoms with Crippen LogP contribution in [0.1, 0.15) is 49.9 Å². The van der Waals surface area contributed by atoms with Gasteiger partial charge in [0.1, 0.15) is 24.2 Å². The highest BCUT2D eigenvalue weighted by Gasteiger charge is 2.50. The van der Waals surface area contributed by atoms with Gasteiger partial charge in [-0.15, -0.1) is 23.5 Å². The van der Waals surface area contributed by atoms with Crippen molar-refractivity contribution in [2.75, 3.05) is 13.1 Å². The lowest BCUT2D eigenvalue weighted by Gasteiger charge is -2.25. The van der Waals surface area contributed by atoms with Crippen molar-refractivity contribution in [1.29, 1.82) is 0 Å². The Morgan fingerprint density at radius 3 is 1.12 bits per heavy atom. The Hall–Kier alpha value is -5.68. The molecule has 64 heavy (non-hydrogen) atoms. The highest BCUT2D eigenvalue weighted by atomic mass is 32.2. The van der Waals surface area contributed by atoms with Crippen molar-refractivity contribution in [3.8, 4) is 0 Å². The average molecular weight is 907 g/mol. The number of nitrogens with one attached hydrogen (secondary N) is 8. The van der Waals surface area contributed by atoms with Crippen LogP contribution in [0, 0.1) is 0 Å². The Labute approximate surface area is 383 Å². The number of hydrogen-bond donors (Lipinski definition) is 8. The van der Waals surface area contributed by atoms with Crippen LogP contribution in [0.15, 0.2) is 121 Å². The van der Waals surface area contributed by atoms with Crippen molar-refractivity contribution in [2.45, 2.75) is 98.0 Å². The molecule has 6 rings (SSSR count). The fourth-order valence-electron chi connectivity index (χ4n) is 7.63. The second-order valence-electron chi connectivity index (χ2n) is 16.9. The van der Waals surface area contributed by atoms with Crippen molar-refractivity contribution in [2.24, 2.45) is 0 Å². The number of benzene rings is 4. The van der Waals surface area contributed by atoms with E-state index in [1.165, 1.54) is 23.5 Å². The van der Waals surface area contributed by atoms with E-state index in [4.69, 9.17) is 0 Å². The maximum absolute atomic E-state index is 13.7.